The lowest BCUT2D eigenvalue weighted by molar-refractivity contribution is 0.521. The van der Waals surface area contributed by atoms with Crippen molar-refractivity contribution in [3.05, 3.63) is 41.3 Å². The second-order valence-corrected chi connectivity index (χ2v) is 12.1. The molecule has 0 aliphatic carbocycles. The van der Waals surface area contributed by atoms with Crippen LogP contribution in [-0.2, 0) is 25.6 Å². The monoisotopic (exact) mass is 428 g/mol. The summed E-state index contributed by atoms with van der Waals surface area (Å²) < 4.78 is 51.5. The van der Waals surface area contributed by atoms with Crippen molar-refractivity contribution in [1.82, 2.24) is 4.31 Å². The van der Waals surface area contributed by atoms with Crippen LogP contribution in [0.5, 0.6) is 0 Å². The van der Waals surface area contributed by atoms with Gasteiger partial charge in [0.05, 0.1) is 10.6 Å². The topological polar surface area (TPSA) is 74.8 Å². The van der Waals surface area contributed by atoms with Crippen molar-refractivity contribution in [2.45, 2.75) is 34.1 Å². The number of anilines is 1. The molecule has 9 heteroatoms. The van der Waals surface area contributed by atoms with Crippen LogP contribution in [0.25, 0.3) is 0 Å². The first-order chi connectivity index (χ1) is 12.7. The number of benzene rings is 1. The molecule has 2 aromatic rings. The average molecular weight is 429 g/mol. The molecule has 0 atom stereocenters. The summed E-state index contributed by atoms with van der Waals surface area (Å²) in [4.78, 5) is 2.26. The smallest absolute Gasteiger partial charge is 0.243 e. The molecule has 1 aromatic carbocycles. The second-order valence-electron chi connectivity index (χ2n) is 6.82. The van der Waals surface area contributed by atoms with Gasteiger partial charge < -0.3 is 4.90 Å². The van der Waals surface area contributed by atoms with E-state index in [1.807, 2.05) is 24.3 Å². The maximum atomic E-state index is 12.9. The number of hydrogen-bond donors (Lipinski definition) is 0. The van der Waals surface area contributed by atoms with Crippen molar-refractivity contribution in [1.29, 1.82) is 0 Å². The highest BCUT2D eigenvalue weighted by Crippen LogP contribution is 2.31. The number of sulfonamides is 1. The van der Waals surface area contributed by atoms with Gasteiger partial charge in [0.15, 0.2) is 9.84 Å². The van der Waals surface area contributed by atoms with E-state index in [0.717, 1.165) is 52.8 Å². The van der Waals surface area contributed by atoms with Gasteiger partial charge in [0.2, 0.25) is 10.0 Å². The molecule has 0 saturated carbocycles. The van der Waals surface area contributed by atoms with Gasteiger partial charge in [0, 0.05) is 38.3 Å². The Balaban J connectivity index is 1.89. The molecule has 148 valence electrons. The van der Waals surface area contributed by atoms with E-state index in [0.29, 0.717) is 0 Å². The van der Waals surface area contributed by atoms with Gasteiger partial charge in [-0.25, -0.2) is 21.1 Å². The Hall–Kier alpha value is -1.42. The Bertz CT molecular complexity index is 1000. The zero-order valence-corrected chi connectivity index (χ0v) is 17.9. The normalized spacial score (nSPS) is 16.0. The molecule has 1 fully saturated rings. The van der Waals surface area contributed by atoms with Gasteiger partial charge in [0.25, 0.3) is 0 Å². The number of hydrogen-bond acceptors (Lipinski definition) is 6. The number of para-hydroxylation sites is 1. The van der Waals surface area contributed by atoms with E-state index < -0.39 is 19.9 Å². The van der Waals surface area contributed by atoms with Gasteiger partial charge in [-0.1, -0.05) is 18.2 Å². The van der Waals surface area contributed by atoms with Crippen LogP contribution in [-0.4, -0.2) is 48.3 Å². The SMILES string of the molecule is CN(C)S(=O)(=O)c1csc(S(=O)(=O)Cc2ccccc2N2CCCCC2)c1. The average Bonchev–Trinajstić information content (AvgIpc) is 3.14. The highest BCUT2D eigenvalue weighted by molar-refractivity contribution is 7.93. The van der Waals surface area contributed by atoms with E-state index in [1.54, 1.807) is 0 Å². The number of sulfone groups is 1. The molecule has 0 amide bonds. The van der Waals surface area contributed by atoms with E-state index in [-0.39, 0.29) is 14.9 Å². The zero-order valence-electron chi connectivity index (χ0n) is 15.5. The lowest BCUT2D eigenvalue weighted by Crippen LogP contribution is -2.30. The quantitative estimate of drug-likeness (QED) is 0.707. The van der Waals surface area contributed by atoms with Crippen molar-refractivity contribution in [3.63, 3.8) is 0 Å². The Labute approximate surface area is 165 Å². The molecular weight excluding hydrogens is 404 g/mol. The fourth-order valence-electron chi connectivity index (χ4n) is 3.16. The molecule has 1 aliphatic heterocycles. The highest BCUT2D eigenvalue weighted by Gasteiger charge is 2.25. The summed E-state index contributed by atoms with van der Waals surface area (Å²) in [6.45, 7) is 1.86. The molecule has 2 heterocycles. The Kier molecular flexibility index (Phi) is 5.95. The van der Waals surface area contributed by atoms with Gasteiger partial charge in [0.1, 0.15) is 4.21 Å². The minimum Gasteiger partial charge on any atom is -0.371 e. The lowest BCUT2D eigenvalue weighted by atomic mass is 10.1. The highest BCUT2D eigenvalue weighted by atomic mass is 32.2. The van der Waals surface area contributed by atoms with Gasteiger partial charge in [-0.2, -0.15) is 0 Å². The summed E-state index contributed by atoms with van der Waals surface area (Å²) in [5.74, 6) is -0.137. The number of nitrogens with zero attached hydrogens (tertiary/aromatic N) is 2. The third-order valence-corrected chi connectivity index (χ3v) is 9.81. The van der Waals surface area contributed by atoms with Crippen molar-refractivity contribution in [2.24, 2.45) is 0 Å². The molecule has 1 aromatic heterocycles. The summed E-state index contributed by atoms with van der Waals surface area (Å²) >= 11 is 0.954. The summed E-state index contributed by atoms with van der Waals surface area (Å²) in [6.07, 6.45) is 3.42. The standard InChI is InChI=1S/C18H24N2O4S3/c1-19(2)27(23,24)16-12-18(25-13-16)26(21,22)14-15-8-4-5-9-17(15)20-10-6-3-7-11-20/h4-5,8-9,12-13H,3,6-7,10-11,14H2,1-2H3. The molecule has 0 unspecified atom stereocenters. The second kappa shape index (κ2) is 7.90. The molecular formula is C18H24N2O4S3. The summed E-state index contributed by atoms with van der Waals surface area (Å²) in [5, 5.41) is 1.39. The molecule has 3 rings (SSSR count). The Morgan fingerprint density at radius 1 is 1.04 bits per heavy atom. The molecule has 6 nitrogen and oxygen atoms in total. The van der Waals surface area contributed by atoms with Crippen molar-refractivity contribution < 1.29 is 16.8 Å². The first-order valence-corrected chi connectivity index (χ1v) is 12.8. The van der Waals surface area contributed by atoms with Crippen LogP contribution >= 0.6 is 11.3 Å². The summed E-state index contributed by atoms with van der Waals surface area (Å²) in [6, 6.07) is 8.83. The van der Waals surface area contributed by atoms with Crippen LogP contribution in [0.4, 0.5) is 5.69 Å². The van der Waals surface area contributed by atoms with Crippen LogP contribution in [0.15, 0.2) is 44.8 Å². The first-order valence-electron chi connectivity index (χ1n) is 8.78. The van der Waals surface area contributed by atoms with Gasteiger partial charge in [-0.05, 0) is 37.0 Å². The van der Waals surface area contributed by atoms with Crippen LogP contribution in [0.2, 0.25) is 0 Å². The fourth-order valence-corrected chi connectivity index (χ4v) is 7.14. The van der Waals surface area contributed by atoms with Crippen LogP contribution < -0.4 is 4.90 Å². The van der Waals surface area contributed by atoms with Crippen molar-refractivity contribution in [2.75, 3.05) is 32.1 Å². The molecule has 1 saturated heterocycles. The van der Waals surface area contributed by atoms with E-state index in [1.165, 1.54) is 32.0 Å². The van der Waals surface area contributed by atoms with Gasteiger partial charge >= 0.3 is 0 Å². The third-order valence-electron chi connectivity index (χ3n) is 4.67. The molecule has 27 heavy (non-hydrogen) atoms. The van der Waals surface area contributed by atoms with Crippen LogP contribution in [0.1, 0.15) is 24.8 Å². The molecule has 0 spiro atoms. The largest absolute Gasteiger partial charge is 0.371 e. The predicted octanol–water partition coefficient (Wildman–Crippen LogP) is 2.96. The van der Waals surface area contributed by atoms with E-state index in [4.69, 9.17) is 0 Å². The van der Waals surface area contributed by atoms with Crippen molar-refractivity contribution in [3.8, 4) is 0 Å². The lowest BCUT2D eigenvalue weighted by Gasteiger charge is -2.30. The summed E-state index contributed by atoms with van der Waals surface area (Å²) in [5.41, 5.74) is 1.71. The predicted molar refractivity (Wildman–Crippen MR) is 109 cm³/mol. The maximum absolute atomic E-state index is 12.9. The number of piperidine rings is 1. The van der Waals surface area contributed by atoms with E-state index >= 15 is 0 Å². The maximum Gasteiger partial charge on any atom is 0.243 e. The minimum absolute atomic E-state index is 0.0143. The Morgan fingerprint density at radius 2 is 1.70 bits per heavy atom. The molecule has 0 radical (unpaired) electrons. The molecule has 0 N–H and O–H groups in total. The van der Waals surface area contributed by atoms with Crippen LogP contribution in [0, 0.1) is 0 Å². The number of thiophene rings is 1. The van der Waals surface area contributed by atoms with Crippen LogP contribution in [0.3, 0.4) is 0 Å². The fraction of sp³-hybridized carbons (Fsp3) is 0.444. The summed E-state index contributed by atoms with van der Waals surface area (Å²) in [7, 11) is -4.42. The van der Waals surface area contributed by atoms with E-state index in [9.17, 15) is 16.8 Å². The zero-order chi connectivity index (χ0) is 19.7. The first kappa shape index (κ1) is 20.3. The number of rotatable bonds is 6. The van der Waals surface area contributed by atoms with Gasteiger partial charge in [-0.15, -0.1) is 11.3 Å². The van der Waals surface area contributed by atoms with Crippen molar-refractivity contribution >= 4 is 36.9 Å². The third kappa shape index (κ3) is 4.37. The molecule has 1 aliphatic rings. The van der Waals surface area contributed by atoms with E-state index in [2.05, 4.69) is 4.90 Å². The van der Waals surface area contributed by atoms with Gasteiger partial charge in [-0.3, -0.25) is 0 Å². The minimum atomic E-state index is -3.64. The Morgan fingerprint density at radius 3 is 2.37 bits per heavy atom. The molecule has 0 bridgehead atoms.